The topological polar surface area (TPSA) is 127 Å². The van der Waals surface area contributed by atoms with Gasteiger partial charge in [0.15, 0.2) is 5.66 Å². The predicted octanol–water partition coefficient (Wildman–Crippen LogP) is 2.06. The Morgan fingerprint density at radius 1 is 0.952 bits per heavy atom. The van der Waals surface area contributed by atoms with Crippen LogP contribution < -0.4 is 11.5 Å². The van der Waals surface area contributed by atoms with Crippen molar-refractivity contribution in [1.29, 1.82) is 0 Å². The van der Waals surface area contributed by atoms with E-state index in [2.05, 4.69) is 0 Å². The highest BCUT2D eigenvalue weighted by Gasteiger charge is 2.50. The summed E-state index contributed by atoms with van der Waals surface area (Å²) >= 11 is 0. The van der Waals surface area contributed by atoms with Gasteiger partial charge in [-0.25, -0.2) is 4.79 Å². The van der Waals surface area contributed by atoms with E-state index in [1.165, 1.54) is 0 Å². The van der Waals surface area contributed by atoms with Crippen molar-refractivity contribution in [2.45, 2.75) is 76.3 Å². The summed E-state index contributed by atoms with van der Waals surface area (Å²) in [7, 11) is 0. The van der Waals surface area contributed by atoms with Gasteiger partial charge in [-0.2, -0.15) is 0 Å². The van der Waals surface area contributed by atoms with Crippen LogP contribution in [0.3, 0.4) is 0 Å². The largest absolute Gasteiger partial charge is 0.481 e. The zero-order valence-electron chi connectivity index (χ0n) is 12.6. The van der Waals surface area contributed by atoms with E-state index in [0.29, 0.717) is 12.8 Å². The number of hydrogen-bond donors (Lipinski definition) is 4. The molecular formula is C15H28N2O4. The van der Waals surface area contributed by atoms with Gasteiger partial charge in [0.05, 0.1) is 0 Å². The number of nitrogens with two attached hydrogens (primary N) is 2. The van der Waals surface area contributed by atoms with E-state index in [-0.39, 0.29) is 6.42 Å². The first-order valence-electron chi connectivity index (χ1n) is 7.85. The van der Waals surface area contributed by atoms with Gasteiger partial charge in [0.1, 0.15) is 0 Å². The fourth-order valence-corrected chi connectivity index (χ4v) is 3.42. The van der Waals surface area contributed by atoms with E-state index in [4.69, 9.17) is 16.6 Å². The standard InChI is InChI=1S/C15H28N2O4/c16-15(17,13(20)21)14(9-5-1-2-6-10-14)11-7-3-4-8-12(18)19/h1-11,16-17H2,(H,18,19)(H,20,21). The Bertz CT molecular complexity index is 361. The molecule has 0 atom stereocenters. The molecule has 1 fully saturated rings. The summed E-state index contributed by atoms with van der Waals surface area (Å²) in [5.74, 6) is -1.94. The summed E-state index contributed by atoms with van der Waals surface area (Å²) in [4.78, 5) is 22.0. The fraction of sp³-hybridized carbons (Fsp3) is 0.867. The van der Waals surface area contributed by atoms with Crippen LogP contribution in [-0.4, -0.2) is 27.8 Å². The molecule has 0 saturated heterocycles. The maximum atomic E-state index is 11.5. The van der Waals surface area contributed by atoms with Gasteiger partial charge in [-0.15, -0.1) is 0 Å². The molecule has 0 aromatic heterocycles. The number of carboxylic acids is 2. The number of rotatable bonds is 8. The van der Waals surface area contributed by atoms with Gasteiger partial charge in [0.2, 0.25) is 0 Å². The quantitative estimate of drug-likeness (QED) is 0.309. The Hall–Kier alpha value is -1.14. The molecular weight excluding hydrogens is 272 g/mol. The van der Waals surface area contributed by atoms with Gasteiger partial charge < -0.3 is 21.7 Å². The summed E-state index contributed by atoms with van der Waals surface area (Å²) < 4.78 is 0. The Balaban J connectivity index is 2.68. The minimum absolute atomic E-state index is 0.155. The molecule has 0 aliphatic heterocycles. The molecule has 1 saturated carbocycles. The number of hydrogen-bond acceptors (Lipinski definition) is 4. The minimum Gasteiger partial charge on any atom is -0.481 e. The summed E-state index contributed by atoms with van der Waals surface area (Å²) in [6, 6.07) is 0. The first-order valence-corrected chi connectivity index (χ1v) is 7.85. The van der Waals surface area contributed by atoms with E-state index in [1.54, 1.807) is 0 Å². The summed E-state index contributed by atoms with van der Waals surface area (Å²) in [5.41, 5.74) is 9.70. The van der Waals surface area contributed by atoms with Crippen molar-refractivity contribution in [2.75, 3.05) is 0 Å². The zero-order chi connectivity index (χ0) is 15.9. The van der Waals surface area contributed by atoms with Crippen LogP contribution >= 0.6 is 0 Å². The molecule has 6 nitrogen and oxygen atoms in total. The van der Waals surface area contributed by atoms with Crippen LogP contribution in [0.5, 0.6) is 0 Å². The average Bonchev–Trinajstić information content (AvgIpc) is 2.64. The summed E-state index contributed by atoms with van der Waals surface area (Å²) in [5, 5.41) is 18.0. The maximum absolute atomic E-state index is 11.5. The number of unbranched alkanes of at least 4 members (excludes halogenated alkanes) is 2. The molecule has 0 heterocycles. The zero-order valence-corrected chi connectivity index (χ0v) is 12.6. The van der Waals surface area contributed by atoms with Crippen molar-refractivity contribution < 1.29 is 19.8 Å². The lowest BCUT2D eigenvalue weighted by Gasteiger charge is -2.43. The van der Waals surface area contributed by atoms with Crippen LogP contribution in [0.4, 0.5) is 0 Å². The van der Waals surface area contributed by atoms with Crippen LogP contribution in [-0.2, 0) is 9.59 Å². The Morgan fingerprint density at radius 2 is 1.52 bits per heavy atom. The third-order valence-electron chi connectivity index (χ3n) is 4.84. The molecule has 6 N–H and O–H groups in total. The summed E-state index contributed by atoms with van der Waals surface area (Å²) in [6.07, 6.45) is 8.55. The molecule has 21 heavy (non-hydrogen) atoms. The highest BCUT2D eigenvalue weighted by atomic mass is 16.4. The smallest absolute Gasteiger partial charge is 0.339 e. The highest BCUT2D eigenvalue weighted by molar-refractivity contribution is 5.78. The number of carbonyl (C=O) groups is 2. The van der Waals surface area contributed by atoms with E-state index < -0.39 is 23.0 Å². The first kappa shape index (κ1) is 17.9. The van der Waals surface area contributed by atoms with Gasteiger partial charge >= 0.3 is 11.9 Å². The molecule has 0 unspecified atom stereocenters. The molecule has 0 amide bonds. The molecule has 0 spiro atoms. The fourth-order valence-electron chi connectivity index (χ4n) is 3.42. The monoisotopic (exact) mass is 300 g/mol. The third kappa shape index (κ3) is 4.68. The molecule has 1 aliphatic carbocycles. The van der Waals surface area contributed by atoms with Crippen molar-refractivity contribution >= 4 is 11.9 Å². The van der Waals surface area contributed by atoms with Crippen molar-refractivity contribution in [3.05, 3.63) is 0 Å². The molecule has 0 aromatic rings. The second kappa shape index (κ2) is 7.75. The normalized spacial score (nSPS) is 19.0. The van der Waals surface area contributed by atoms with Crippen LogP contribution in [0, 0.1) is 5.41 Å². The Kier molecular flexibility index (Phi) is 6.61. The van der Waals surface area contributed by atoms with Crippen LogP contribution in [0.15, 0.2) is 0 Å². The van der Waals surface area contributed by atoms with Gasteiger partial charge in [0.25, 0.3) is 0 Å². The van der Waals surface area contributed by atoms with Crippen LogP contribution in [0.25, 0.3) is 0 Å². The van der Waals surface area contributed by atoms with Gasteiger partial charge in [-0.3, -0.25) is 4.79 Å². The Labute approximate surface area is 125 Å². The number of aliphatic carboxylic acids is 2. The van der Waals surface area contributed by atoms with Crippen LogP contribution in [0.1, 0.15) is 70.6 Å². The van der Waals surface area contributed by atoms with E-state index in [0.717, 1.165) is 51.4 Å². The van der Waals surface area contributed by atoms with E-state index in [1.807, 2.05) is 0 Å². The first-order chi connectivity index (χ1) is 9.82. The molecule has 122 valence electrons. The lowest BCUT2D eigenvalue weighted by atomic mass is 9.67. The lowest BCUT2D eigenvalue weighted by molar-refractivity contribution is -0.150. The van der Waals surface area contributed by atoms with Crippen LogP contribution in [0.2, 0.25) is 0 Å². The molecule has 6 heteroatoms. The van der Waals surface area contributed by atoms with Crippen molar-refractivity contribution in [2.24, 2.45) is 16.9 Å². The van der Waals surface area contributed by atoms with Gasteiger partial charge in [-0.05, 0) is 25.7 Å². The molecule has 0 bridgehead atoms. The second-order valence-corrected chi connectivity index (χ2v) is 6.32. The average molecular weight is 300 g/mol. The summed E-state index contributed by atoms with van der Waals surface area (Å²) in [6.45, 7) is 0. The van der Waals surface area contributed by atoms with Gasteiger partial charge in [-0.1, -0.05) is 38.5 Å². The molecule has 0 radical (unpaired) electrons. The SMILES string of the molecule is NC(N)(C(=O)O)C1(CCCCCC(=O)O)CCCCCC1. The minimum atomic E-state index is -1.70. The third-order valence-corrected chi connectivity index (χ3v) is 4.84. The van der Waals surface area contributed by atoms with E-state index >= 15 is 0 Å². The molecule has 1 rings (SSSR count). The van der Waals surface area contributed by atoms with Crippen molar-refractivity contribution in [1.82, 2.24) is 0 Å². The second-order valence-electron chi connectivity index (χ2n) is 6.32. The molecule has 0 aromatic carbocycles. The predicted molar refractivity (Wildman–Crippen MR) is 79.6 cm³/mol. The highest BCUT2D eigenvalue weighted by Crippen LogP contribution is 2.45. The maximum Gasteiger partial charge on any atom is 0.339 e. The Morgan fingerprint density at radius 3 is 2.00 bits per heavy atom. The lowest BCUT2D eigenvalue weighted by Crippen LogP contribution is -2.67. The van der Waals surface area contributed by atoms with Crippen molar-refractivity contribution in [3.8, 4) is 0 Å². The van der Waals surface area contributed by atoms with Gasteiger partial charge in [0, 0.05) is 11.8 Å². The number of carboxylic acid groups (broad SMARTS) is 2. The van der Waals surface area contributed by atoms with Crippen molar-refractivity contribution in [3.63, 3.8) is 0 Å². The van der Waals surface area contributed by atoms with E-state index in [9.17, 15) is 14.7 Å². The molecule has 1 aliphatic rings.